The molecule has 0 aliphatic rings. The summed E-state index contributed by atoms with van der Waals surface area (Å²) in [6.07, 6.45) is 7.99. The Labute approximate surface area is 146 Å². The van der Waals surface area contributed by atoms with Gasteiger partial charge in [0.15, 0.2) is 11.5 Å². The van der Waals surface area contributed by atoms with Gasteiger partial charge >= 0.3 is 0 Å². The van der Waals surface area contributed by atoms with Crippen LogP contribution in [0, 0.1) is 5.92 Å². The summed E-state index contributed by atoms with van der Waals surface area (Å²) >= 11 is 0. The van der Waals surface area contributed by atoms with E-state index in [4.69, 9.17) is 9.47 Å². The summed E-state index contributed by atoms with van der Waals surface area (Å²) in [7, 11) is 1.62. The van der Waals surface area contributed by atoms with Gasteiger partial charge in [0.05, 0.1) is 13.7 Å². The summed E-state index contributed by atoms with van der Waals surface area (Å²) in [6, 6.07) is 5.73. The molecule has 1 aromatic rings. The van der Waals surface area contributed by atoms with Gasteiger partial charge in [-0.2, -0.15) is 0 Å². The van der Waals surface area contributed by atoms with Crippen LogP contribution in [0.4, 0.5) is 0 Å². The summed E-state index contributed by atoms with van der Waals surface area (Å²) in [5, 5.41) is 2.96. The maximum Gasteiger partial charge on any atom is 0.220 e. The SMILES string of the molecule is CCOc1ccc(CNC(=O)CCCC/C=C/C(C)C)cc1OC. The number of ether oxygens (including phenoxy) is 2. The third kappa shape index (κ3) is 8.04. The van der Waals surface area contributed by atoms with Crippen molar-refractivity contribution in [3.8, 4) is 11.5 Å². The Kier molecular flexibility index (Phi) is 9.66. The van der Waals surface area contributed by atoms with Crippen LogP contribution in [0.1, 0.15) is 52.0 Å². The van der Waals surface area contributed by atoms with Gasteiger partial charge in [-0.1, -0.05) is 32.1 Å². The van der Waals surface area contributed by atoms with Crippen LogP contribution in [-0.2, 0) is 11.3 Å². The van der Waals surface area contributed by atoms with E-state index in [9.17, 15) is 4.79 Å². The monoisotopic (exact) mass is 333 g/mol. The standard InChI is InChI=1S/C20H31NO3/c1-5-24-18-13-12-17(14-19(18)23-4)15-21-20(22)11-9-7-6-8-10-16(2)3/h8,10,12-14,16H,5-7,9,11,15H2,1-4H3,(H,21,22)/b10-8+. The van der Waals surface area contributed by atoms with Gasteiger partial charge in [0, 0.05) is 13.0 Å². The molecule has 0 heterocycles. The molecule has 0 saturated carbocycles. The van der Waals surface area contributed by atoms with Crippen molar-refractivity contribution in [3.05, 3.63) is 35.9 Å². The molecule has 0 aliphatic carbocycles. The van der Waals surface area contributed by atoms with Crippen molar-refractivity contribution in [1.82, 2.24) is 5.32 Å². The number of nitrogens with one attached hydrogen (secondary N) is 1. The van der Waals surface area contributed by atoms with Crippen LogP contribution in [0.3, 0.4) is 0 Å². The first kappa shape index (κ1) is 20.1. The van der Waals surface area contributed by atoms with Crippen molar-refractivity contribution in [3.63, 3.8) is 0 Å². The lowest BCUT2D eigenvalue weighted by molar-refractivity contribution is -0.121. The highest BCUT2D eigenvalue weighted by atomic mass is 16.5. The fourth-order valence-electron chi connectivity index (χ4n) is 2.30. The van der Waals surface area contributed by atoms with Gasteiger partial charge < -0.3 is 14.8 Å². The zero-order chi connectivity index (χ0) is 17.8. The second kappa shape index (κ2) is 11.5. The number of hydrogen-bond acceptors (Lipinski definition) is 3. The molecule has 134 valence electrons. The van der Waals surface area contributed by atoms with E-state index in [1.807, 2.05) is 25.1 Å². The van der Waals surface area contributed by atoms with Crippen LogP contribution < -0.4 is 14.8 Å². The molecule has 1 amide bonds. The van der Waals surface area contributed by atoms with Gasteiger partial charge in [-0.25, -0.2) is 0 Å². The number of benzene rings is 1. The lowest BCUT2D eigenvalue weighted by Crippen LogP contribution is -2.22. The second-order valence-corrected chi connectivity index (χ2v) is 6.11. The minimum absolute atomic E-state index is 0.0932. The van der Waals surface area contributed by atoms with Gasteiger partial charge in [-0.15, -0.1) is 0 Å². The fraction of sp³-hybridized carbons (Fsp3) is 0.550. The number of carbonyl (C=O) groups excluding carboxylic acids is 1. The number of carbonyl (C=O) groups is 1. The molecular formula is C20H31NO3. The van der Waals surface area contributed by atoms with Crippen molar-refractivity contribution < 1.29 is 14.3 Å². The molecule has 4 nitrogen and oxygen atoms in total. The Morgan fingerprint density at radius 1 is 1.25 bits per heavy atom. The van der Waals surface area contributed by atoms with Crippen LogP contribution in [0.15, 0.2) is 30.4 Å². The first-order valence-corrected chi connectivity index (χ1v) is 8.79. The maximum atomic E-state index is 11.9. The number of methoxy groups -OCH3 is 1. The molecule has 4 heteroatoms. The normalized spacial score (nSPS) is 11.0. The molecule has 24 heavy (non-hydrogen) atoms. The van der Waals surface area contributed by atoms with Gasteiger partial charge in [0.25, 0.3) is 0 Å². The van der Waals surface area contributed by atoms with Crippen LogP contribution in [0.5, 0.6) is 11.5 Å². The van der Waals surface area contributed by atoms with E-state index < -0.39 is 0 Å². The fourth-order valence-corrected chi connectivity index (χ4v) is 2.30. The van der Waals surface area contributed by atoms with Crippen LogP contribution >= 0.6 is 0 Å². The number of allylic oxidation sites excluding steroid dienone is 2. The zero-order valence-corrected chi connectivity index (χ0v) is 15.4. The summed E-state index contributed by atoms with van der Waals surface area (Å²) in [4.78, 5) is 11.9. The molecule has 1 aromatic carbocycles. The van der Waals surface area contributed by atoms with Gasteiger partial charge in [-0.3, -0.25) is 4.79 Å². The van der Waals surface area contributed by atoms with Crippen molar-refractivity contribution in [2.45, 2.75) is 53.0 Å². The summed E-state index contributed by atoms with van der Waals surface area (Å²) in [6.45, 7) is 7.37. The third-order valence-electron chi connectivity index (χ3n) is 3.56. The van der Waals surface area contributed by atoms with E-state index in [2.05, 4.69) is 31.3 Å². The summed E-state index contributed by atoms with van der Waals surface area (Å²) in [5.74, 6) is 2.11. The molecule has 1 rings (SSSR count). The van der Waals surface area contributed by atoms with Crippen molar-refractivity contribution in [1.29, 1.82) is 0 Å². The average Bonchev–Trinajstić information content (AvgIpc) is 2.57. The van der Waals surface area contributed by atoms with E-state index in [0.29, 0.717) is 31.2 Å². The van der Waals surface area contributed by atoms with Crippen LogP contribution in [0.25, 0.3) is 0 Å². The Bertz CT molecular complexity index is 524. The van der Waals surface area contributed by atoms with Gasteiger partial charge in [0.2, 0.25) is 5.91 Å². The lowest BCUT2D eigenvalue weighted by Gasteiger charge is -2.11. The molecular weight excluding hydrogens is 302 g/mol. The molecule has 0 bridgehead atoms. The molecule has 0 spiro atoms. The number of unbranched alkanes of at least 4 members (excludes halogenated alkanes) is 2. The largest absolute Gasteiger partial charge is 0.493 e. The molecule has 0 saturated heterocycles. The van der Waals surface area contributed by atoms with E-state index in [1.165, 1.54) is 0 Å². The van der Waals surface area contributed by atoms with E-state index >= 15 is 0 Å². The topological polar surface area (TPSA) is 47.6 Å². The van der Waals surface area contributed by atoms with E-state index in [-0.39, 0.29) is 5.91 Å². The summed E-state index contributed by atoms with van der Waals surface area (Å²) in [5.41, 5.74) is 1.00. The van der Waals surface area contributed by atoms with Crippen LogP contribution in [0.2, 0.25) is 0 Å². The first-order valence-electron chi connectivity index (χ1n) is 8.79. The lowest BCUT2D eigenvalue weighted by atomic mass is 10.1. The van der Waals surface area contributed by atoms with Crippen molar-refractivity contribution >= 4 is 5.91 Å². The minimum atomic E-state index is 0.0932. The molecule has 0 fully saturated rings. The van der Waals surface area contributed by atoms with Crippen LogP contribution in [-0.4, -0.2) is 19.6 Å². The highest BCUT2D eigenvalue weighted by Gasteiger charge is 2.06. The van der Waals surface area contributed by atoms with Gasteiger partial charge in [0.1, 0.15) is 0 Å². The average molecular weight is 333 g/mol. The third-order valence-corrected chi connectivity index (χ3v) is 3.56. The molecule has 0 aromatic heterocycles. The number of rotatable bonds is 11. The Balaban J connectivity index is 2.31. The Hall–Kier alpha value is -1.97. The van der Waals surface area contributed by atoms with Crippen molar-refractivity contribution in [2.24, 2.45) is 5.92 Å². The number of hydrogen-bond donors (Lipinski definition) is 1. The molecule has 1 N–H and O–H groups in total. The molecule has 0 radical (unpaired) electrons. The minimum Gasteiger partial charge on any atom is -0.493 e. The Morgan fingerprint density at radius 2 is 2.04 bits per heavy atom. The Morgan fingerprint density at radius 3 is 2.71 bits per heavy atom. The zero-order valence-electron chi connectivity index (χ0n) is 15.4. The second-order valence-electron chi connectivity index (χ2n) is 6.11. The maximum absolute atomic E-state index is 11.9. The highest BCUT2D eigenvalue weighted by Crippen LogP contribution is 2.27. The molecule has 0 aliphatic heterocycles. The quantitative estimate of drug-likeness (QED) is 0.480. The van der Waals surface area contributed by atoms with Gasteiger partial charge in [-0.05, 0) is 49.8 Å². The summed E-state index contributed by atoms with van der Waals surface area (Å²) < 4.78 is 10.8. The van der Waals surface area contributed by atoms with E-state index in [1.54, 1.807) is 7.11 Å². The molecule has 0 atom stereocenters. The van der Waals surface area contributed by atoms with E-state index in [0.717, 1.165) is 30.6 Å². The number of amides is 1. The predicted octanol–water partition coefficient (Wildman–Crippen LogP) is 4.48. The predicted molar refractivity (Wildman–Crippen MR) is 98.5 cm³/mol. The smallest absolute Gasteiger partial charge is 0.220 e. The highest BCUT2D eigenvalue weighted by molar-refractivity contribution is 5.75. The molecule has 0 unspecified atom stereocenters. The van der Waals surface area contributed by atoms with Crippen molar-refractivity contribution in [2.75, 3.05) is 13.7 Å². The first-order chi connectivity index (χ1) is 11.6.